The van der Waals surface area contributed by atoms with Crippen LogP contribution >= 0.6 is 0 Å². The molecule has 0 saturated carbocycles. The van der Waals surface area contributed by atoms with Gasteiger partial charge in [0.25, 0.3) is 5.91 Å². The second kappa shape index (κ2) is 6.09. The lowest BCUT2D eigenvalue weighted by Gasteiger charge is -2.14. The normalized spacial score (nSPS) is 11.8. The first-order valence-corrected chi connectivity index (χ1v) is 5.14. The molecule has 0 aliphatic heterocycles. The molecule has 1 N–H and O–H groups in total. The summed E-state index contributed by atoms with van der Waals surface area (Å²) in [6.07, 6.45) is 0. The maximum absolute atomic E-state index is 13.2. The van der Waals surface area contributed by atoms with Crippen molar-refractivity contribution in [3.05, 3.63) is 42.2 Å². The molecule has 0 aliphatic carbocycles. The molecule has 0 radical (unpaired) electrons. The Hall–Kier alpha value is -1.98. The van der Waals surface area contributed by atoms with Crippen LogP contribution in [0.3, 0.4) is 0 Å². The van der Waals surface area contributed by atoms with Crippen molar-refractivity contribution in [3.63, 3.8) is 0 Å². The summed E-state index contributed by atoms with van der Waals surface area (Å²) in [5.74, 6) is -4.34. The molecule has 0 bridgehead atoms. The Balaban J connectivity index is 2.55. The summed E-state index contributed by atoms with van der Waals surface area (Å²) in [4.78, 5) is 10.9. The highest BCUT2D eigenvalue weighted by Crippen LogP contribution is 2.20. The number of hydrogen-bond acceptors (Lipinski definition) is 2. The fraction of sp³-hybridized carbons (Fsp3) is 0.250. The standard InChI is InChI=1S/C12H12F3NO2/c1-7(16-12(17)8(2)13)6-18-11-9(14)4-3-5-10(11)15/h3-5,7H,2,6H2,1H3,(H,16,17)/t7-/m1/s1. The lowest BCUT2D eigenvalue weighted by molar-refractivity contribution is -0.119. The summed E-state index contributed by atoms with van der Waals surface area (Å²) in [5.41, 5.74) is 0. The quantitative estimate of drug-likeness (QED) is 0.824. The molecule has 98 valence electrons. The summed E-state index contributed by atoms with van der Waals surface area (Å²) in [6.45, 7) is 4.12. The second-order valence-electron chi connectivity index (χ2n) is 3.64. The molecule has 0 spiro atoms. The van der Waals surface area contributed by atoms with Gasteiger partial charge in [-0.05, 0) is 19.1 Å². The summed E-state index contributed by atoms with van der Waals surface area (Å²) in [7, 11) is 0. The summed E-state index contributed by atoms with van der Waals surface area (Å²) in [5, 5.41) is 2.21. The molecular formula is C12H12F3NO2. The largest absolute Gasteiger partial charge is 0.485 e. The molecular weight excluding hydrogens is 247 g/mol. The van der Waals surface area contributed by atoms with Crippen molar-refractivity contribution in [2.45, 2.75) is 13.0 Å². The molecule has 1 rings (SSSR count). The molecule has 0 aromatic heterocycles. The zero-order valence-corrected chi connectivity index (χ0v) is 9.67. The van der Waals surface area contributed by atoms with Crippen LogP contribution in [-0.4, -0.2) is 18.6 Å². The molecule has 0 heterocycles. The van der Waals surface area contributed by atoms with Crippen molar-refractivity contribution in [1.29, 1.82) is 0 Å². The predicted molar refractivity (Wildman–Crippen MR) is 59.7 cm³/mol. The highest BCUT2D eigenvalue weighted by atomic mass is 19.1. The molecule has 1 amide bonds. The molecule has 6 heteroatoms. The van der Waals surface area contributed by atoms with Gasteiger partial charge in [-0.2, -0.15) is 0 Å². The van der Waals surface area contributed by atoms with Crippen LogP contribution in [0.15, 0.2) is 30.6 Å². The number of rotatable bonds is 5. The van der Waals surface area contributed by atoms with Crippen molar-refractivity contribution in [2.24, 2.45) is 0 Å². The van der Waals surface area contributed by atoms with E-state index < -0.39 is 35.2 Å². The first kappa shape index (κ1) is 14.1. The number of halogens is 3. The summed E-state index contributed by atoms with van der Waals surface area (Å²) in [6, 6.07) is 2.68. The number of hydrogen-bond donors (Lipinski definition) is 1. The van der Waals surface area contributed by atoms with Gasteiger partial charge in [-0.1, -0.05) is 12.6 Å². The maximum atomic E-state index is 13.2. The van der Waals surface area contributed by atoms with Gasteiger partial charge in [0, 0.05) is 0 Å². The van der Waals surface area contributed by atoms with Crippen molar-refractivity contribution in [1.82, 2.24) is 5.32 Å². The third-order valence-corrected chi connectivity index (χ3v) is 2.02. The Morgan fingerprint density at radius 2 is 2.00 bits per heavy atom. The Morgan fingerprint density at radius 3 is 2.50 bits per heavy atom. The van der Waals surface area contributed by atoms with Crippen LogP contribution < -0.4 is 10.1 Å². The zero-order chi connectivity index (χ0) is 13.7. The van der Waals surface area contributed by atoms with Crippen molar-refractivity contribution in [3.8, 4) is 5.75 Å². The van der Waals surface area contributed by atoms with Gasteiger partial charge in [0.05, 0.1) is 6.04 Å². The smallest absolute Gasteiger partial charge is 0.279 e. The van der Waals surface area contributed by atoms with Crippen LogP contribution in [0.4, 0.5) is 13.2 Å². The number of para-hydroxylation sites is 1. The van der Waals surface area contributed by atoms with E-state index in [0.717, 1.165) is 12.1 Å². The van der Waals surface area contributed by atoms with Crippen LogP contribution in [0.1, 0.15) is 6.92 Å². The van der Waals surface area contributed by atoms with Gasteiger partial charge in [-0.3, -0.25) is 4.79 Å². The van der Waals surface area contributed by atoms with E-state index in [2.05, 4.69) is 11.9 Å². The van der Waals surface area contributed by atoms with Crippen LogP contribution in [0, 0.1) is 11.6 Å². The molecule has 0 aliphatic rings. The van der Waals surface area contributed by atoms with Gasteiger partial charge in [-0.25, -0.2) is 13.2 Å². The number of amides is 1. The van der Waals surface area contributed by atoms with Crippen molar-refractivity contribution in [2.75, 3.05) is 6.61 Å². The second-order valence-corrected chi connectivity index (χ2v) is 3.64. The molecule has 1 aromatic rings. The van der Waals surface area contributed by atoms with E-state index in [-0.39, 0.29) is 6.61 Å². The lowest BCUT2D eigenvalue weighted by Crippen LogP contribution is -2.37. The van der Waals surface area contributed by atoms with E-state index in [9.17, 15) is 18.0 Å². The third kappa shape index (κ3) is 3.80. The van der Waals surface area contributed by atoms with Gasteiger partial charge in [0.1, 0.15) is 6.61 Å². The SMILES string of the molecule is C=C(F)C(=O)N[C@H](C)COc1c(F)cccc1F. The minimum Gasteiger partial charge on any atom is -0.485 e. The van der Waals surface area contributed by atoms with Crippen molar-refractivity contribution < 1.29 is 22.7 Å². The Bertz CT molecular complexity index is 442. The van der Waals surface area contributed by atoms with Gasteiger partial charge in [0.15, 0.2) is 23.2 Å². The Morgan fingerprint density at radius 1 is 1.44 bits per heavy atom. The maximum Gasteiger partial charge on any atom is 0.279 e. The molecule has 0 unspecified atom stereocenters. The summed E-state index contributed by atoms with van der Waals surface area (Å²) >= 11 is 0. The lowest BCUT2D eigenvalue weighted by atomic mass is 10.3. The summed E-state index contributed by atoms with van der Waals surface area (Å²) < 4.78 is 43.6. The van der Waals surface area contributed by atoms with E-state index in [0.29, 0.717) is 0 Å². The van der Waals surface area contributed by atoms with E-state index >= 15 is 0 Å². The average molecular weight is 259 g/mol. The molecule has 0 fully saturated rings. The Kier molecular flexibility index (Phi) is 4.76. The van der Waals surface area contributed by atoms with Crippen LogP contribution in [-0.2, 0) is 4.79 Å². The topological polar surface area (TPSA) is 38.3 Å². The highest BCUT2D eigenvalue weighted by Gasteiger charge is 2.14. The van der Waals surface area contributed by atoms with Crippen LogP contribution in [0.2, 0.25) is 0 Å². The van der Waals surface area contributed by atoms with E-state index in [1.54, 1.807) is 0 Å². The fourth-order valence-corrected chi connectivity index (χ4v) is 1.17. The van der Waals surface area contributed by atoms with E-state index in [4.69, 9.17) is 4.74 Å². The van der Waals surface area contributed by atoms with Crippen LogP contribution in [0.5, 0.6) is 5.75 Å². The Labute approximate surface area is 102 Å². The van der Waals surface area contributed by atoms with Crippen LogP contribution in [0.25, 0.3) is 0 Å². The molecule has 1 atom stereocenters. The van der Waals surface area contributed by atoms with Gasteiger partial charge < -0.3 is 10.1 Å². The van der Waals surface area contributed by atoms with Crippen molar-refractivity contribution >= 4 is 5.91 Å². The minimum absolute atomic E-state index is 0.198. The third-order valence-electron chi connectivity index (χ3n) is 2.02. The van der Waals surface area contributed by atoms with Gasteiger partial charge in [0.2, 0.25) is 0 Å². The number of ether oxygens (including phenoxy) is 1. The van der Waals surface area contributed by atoms with E-state index in [1.807, 2.05) is 0 Å². The molecule has 3 nitrogen and oxygen atoms in total. The first-order valence-electron chi connectivity index (χ1n) is 5.14. The fourth-order valence-electron chi connectivity index (χ4n) is 1.17. The highest BCUT2D eigenvalue weighted by molar-refractivity contribution is 5.90. The van der Waals surface area contributed by atoms with E-state index in [1.165, 1.54) is 13.0 Å². The monoisotopic (exact) mass is 259 g/mol. The molecule has 18 heavy (non-hydrogen) atoms. The molecule has 0 saturated heterocycles. The van der Waals surface area contributed by atoms with Gasteiger partial charge >= 0.3 is 0 Å². The first-order chi connectivity index (χ1) is 8.41. The zero-order valence-electron chi connectivity index (χ0n) is 9.67. The number of carbonyl (C=O) groups is 1. The number of nitrogens with one attached hydrogen (secondary N) is 1. The van der Waals surface area contributed by atoms with Gasteiger partial charge in [-0.15, -0.1) is 0 Å². The predicted octanol–water partition coefficient (Wildman–Crippen LogP) is 2.33. The minimum atomic E-state index is -1.14. The molecule has 1 aromatic carbocycles. The number of carbonyl (C=O) groups excluding carboxylic acids is 1. The number of benzene rings is 1. The average Bonchev–Trinajstić information content (AvgIpc) is 2.28.